The predicted octanol–water partition coefficient (Wildman–Crippen LogP) is 1.65. The number of anilines is 1. The Morgan fingerprint density at radius 2 is 1.96 bits per heavy atom. The third-order valence-corrected chi connectivity index (χ3v) is 3.97. The molecule has 1 saturated heterocycles. The van der Waals surface area contributed by atoms with Gasteiger partial charge in [-0.25, -0.2) is 0 Å². The molecule has 2 heterocycles. The van der Waals surface area contributed by atoms with Gasteiger partial charge in [0.05, 0.1) is 31.0 Å². The number of benzene rings is 1. The molecular weight excluding hydrogens is 374 g/mol. The number of furan rings is 1. The summed E-state index contributed by atoms with van der Waals surface area (Å²) in [5, 5.41) is 2.76. The maximum Gasteiger partial charge on any atom is 0.260 e. The van der Waals surface area contributed by atoms with Crippen molar-refractivity contribution in [3.63, 3.8) is 0 Å². The zero-order valence-electron chi connectivity index (χ0n) is 14.7. The van der Waals surface area contributed by atoms with Gasteiger partial charge in [-0.3, -0.25) is 9.59 Å². The van der Waals surface area contributed by atoms with Crippen LogP contribution in [0, 0.1) is 0 Å². The summed E-state index contributed by atoms with van der Waals surface area (Å²) in [5.74, 6) is 0.488. The van der Waals surface area contributed by atoms with Crippen LogP contribution in [-0.4, -0.2) is 49.6 Å². The maximum absolute atomic E-state index is 12.3. The normalized spacial score (nSPS) is 13.6. The molecule has 0 radical (unpaired) electrons. The zero-order chi connectivity index (χ0) is 18.4. The number of carbonyl (C=O) groups excluding carboxylic acids is 2. The Hall–Kier alpha value is -2.55. The number of rotatable bonds is 6. The molecule has 0 bridgehead atoms. The molecule has 1 aromatic carbocycles. The summed E-state index contributed by atoms with van der Waals surface area (Å²) in [6.07, 6.45) is 1.35. The van der Waals surface area contributed by atoms with E-state index in [1.807, 2.05) is 0 Å². The third-order valence-electron chi connectivity index (χ3n) is 3.97. The first-order valence-corrected chi connectivity index (χ1v) is 8.33. The minimum Gasteiger partial charge on any atom is -0.482 e. The van der Waals surface area contributed by atoms with E-state index in [1.165, 1.54) is 6.26 Å². The number of halogens is 1. The van der Waals surface area contributed by atoms with Gasteiger partial charge < -0.3 is 29.8 Å². The summed E-state index contributed by atoms with van der Waals surface area (Å²) in [5.41, 5.74) is 6.32. The average molecular weight is 396 g/mol. The molecule has 3 N–H and O–H groups in total. The Morgan fingerprint density at radius 1 is 1.22 bits per heavy atom. The van der Waals surface area contributed by atoms with Gasteiger partial charge >= 0.3 is 0 Å². The fourth-order valence-corrected chi connectivity index (χ4v) is 2.54. The molecule has 0 saturated carbocycles. The summed E-state index contributed by atoms with van der Waals surface area (Å²) in [4.78, 5) is 26.2. The highest BCUT2D eigenvalue weighted by Gasteiger charge is 2.18. The van der Waals surface area contributed by atoms with E-state index in [-0.39, 0.29) is 37.4 Å². The van der Waals surface area contributed by atoms with E-state index in [1.54, 1.807) is 35.2 Å². The molecule has 9 heteroatoms. The molecule has 0 unspecified atom stereocenters. The molecule has 2 amide bonds. The molecule has 8 nitrogen and oxygen atoms in total. The SMILES string of the molecule is Cl.NCc1cc(C(=O)Nc2ccccc2OCC(=O)N2CCOCC2)co1. The molecule has 0 spiro atoms. The monoisotopic (exact) mass is 395 g/mol. The van der Waals surface area contributed by atoms with Crippen molar-refractivity contribution in [3.05, 3.63) is 47.9 Å². The number of hydrogen-bond acceptors (Lipinski definition) is 6. The molecular formula is C18H22ClN3O5. The van der Waals surface area contributed by atoms with Crippen LogP contribution in [0.5, 0.6) is 5.75 Å². The number of carbonyl (C=O) groups is 2. The van der Waals surface area contributed by atoms with Crippen molar-refractivity contribution in [1.82, 2.24) is 4.90 Å². The molecule has 3 rings (SSSR count). The van der Waals surface area contributed by atoms with Crippen molar-refractivity contribution in [3.8, 4) is 5.75 Å². The molecule has 0 atom stereocenters. The molecule has 1 aromatic heterocycles. The van der Waals surface area contributed by atoms with Crippen LogP contribution in [0.2, 0.25) is 0 Å². The van der Waals surface area contributed by atoms with E-state index in [9.17, 15) is 9.59 Å². The highest BCUT2D eigenvalue weighted by molar-refractivity contribution is 6.04. The molecule has 1 aliphatic heterocycles. The van der Waals surface area contributed by atoms with Crippen molar-refractivity contribution in [2.24, 2.45) is 5.73 Å². The lowest BCUT2D eigenvalue weighted by molar-refractivity contribution is -0.137. The lowest BCUT2D eigenvalue weighted by Crippen LogP contribution is -2.43. The number of nitrogens with one attached hydrogen (secondary N) is 1. The van der Waals surface area contributed by atoms with Gasteiger partial charge in [0.1, 0.15) is 17.8 Å². The minimum absolute atomic E-state index is 0. The summed E-state index contributed by atoms with van der Waals surface area (Å²) >= 11 is 0. The standard InChI is InChI=1S/C18H21N3O5.ClH/c19-10-14-9-13(11-25-14)18(23)20-15-3-1-2-4-16(15)26-12-17(22)21-5-7-24-8-6-21;/h1-4,9,11H,5-8,10,12,19H2,(H,20,23);1H. The van der Waals surface area contributed by atoms with E-state index < -0.39 is 0 Å². The fourth-order valence-electron chi connectivity index (χ4n) is 2.54. The van der Waals surface area contributed by atoms with Crippen molar-refractivity contribution < 1.29 is 23.5 Å². The highest BCUT2D eigenvalue weighted by Crippen LogP contribution is 2.24. The number of ether oxygens (including phenoxy) is 2. The van der Waals surface area contributed by atoms with Gasteiger partial charge in [-0.2, -0.15) is 0 Å². The van der Waals surface area contributed by atoms with Gasteiger partial charge in [-0.05, 0) is 18.2 Å². The molecule has 27 heavy (non-hydrogen) atoms. The van der Waals surface area contributed by atoms with Crippen LogP contribution in [0.15, 0.2) is 41.0 Å². The first-order chi connectivity index (χ1) is 12.7. The average Bonchev–Trinajstić information content (AvgIpc) is 3.17. The second-order valence-electron chi connectivity index (χ2n) is 5.74. The smallest absolute Gasteiger partial charge is 0.260 e. The minimum atomic E-state index is -0.344. The number of nitrogens with zero attached hydrogens (tertiary/aromatic N) is 1. The van der Waals surface area contributed by atoms with E-state index in [2.05, 4.69) is 5.32 Å². The van der Waals surface area contributed by atoms with E-state index >= 15 is 0 Å². The van der Waals surface area contributed by atoms with Gasteiger partial charge in [0, 0.05) is 13.1 Å². The van der Waals surface area contributed by atoms with Gasteiger partial charge in [-0.15, -0.1) is 12.4 Å². The summed E-state index contributed by atoms with van der Waals surface area (Å²) < 4.78 is 16.0. The number of morpholine rings is 1. The largest absolute Gasteiger partial charge is 0.482 e. The Labute approximate surface area is 163 Å². The quantitative estimate of drug-likeness (QED) is 0.770. The number of amides is 2. The van der Waals surface area contributed by atoms with Crippen molar-refractivity contribution in [1.29, 1.82) is 0 Å². The third kappa shape index (κ3) is 5.46. The summed E-state index contributed by atoms with van der Waals surface area (Å²) in [6, 6.07) is 8.53. The van der Waals surface area contributed by atoms with Crippen LogP contribution in [-0.2, 0) is 16.1 Å². The van der Waals surface area contributed by atoms with Crippen LogP contribution in [0.25, 0.3) is 0 Å². The lowest BCUT2D eigenvalue weighted by Gasteiger charge is -2.26. The number of para-hydroxylation sites is 2. The Morgan fingerprint density at radius 3 is 2.67 bits per heavy atom. The molecule has 146 valence electrons. The van der Waals surface area contributed by atoms with E-state index in [0.29, 0.717) is 49.1 Å². The predicted molar refractivity (Wildman–Crippen MR) is 101 cm³/mol. The summed E-state index contributed by atoms with van der Waals surface area (Å²) in [7, 11) is 0. The van der Waals surface area contributed by atoms with Crippen LogP contribution in [0.1, 0.15) is 16.1 Å². The number of nitrogens with two attached hydrogens (primary N) is 1. The van der Waals surface area contributed by atoms with E-state index in [0.717, 1.165) is 0 Å². The van der Waals surface area contributed by atoms with Crippen molar-refractivity contribution in [2.75, 3.05) is 38.2 Å². The van der Waals surface area contributed by atoms with Gasteiger partial charge in [0.25, 0.3) is 11.8 Å². The Balaban J connectivity index is 0.00000261. The molecule has 2 aromatic rings. The van der Waals surface area contributed by atoms with Gasteiger partial charge in [0.15, 0.2) is 6.61 Å². The van der Waals surface area contributed by atoms with E-state index in [4.69, 9.17) is 19.6 Å². The Kier molecular flexibility index (Phi) is 7.66. The van der Waals surface area contributed by atoms with Crippen LogP contribution < -0.4 is 15.8 Å². The first-order valence-electron chi connectivity index (χ1n) is 8.33. The zero-order valence-corrected chi connectivity index (χ0v) is 15.5. The fraction of sp³-hybridized carbons (Fsp3) is 0.333. The van der Waals surface area contributed by atoms with Gasteiger partial charge in [0.2, 0.25) is 0 Å². The molecule has 1 fully saturated rings. The van der Waals surface area contributed by atoms with Crippen LogP contribution in [0.4, 0.5) is 5.69 Å². The van der Waals surface area contributed by atoms with Crippen molar-refractivity contribution in [2.45, 2.75) is 6.54 Å². The van der Waals surface area contributed by atoms with Crippen molar-refractivity contribution >= 4 is 29.9 Å². The lowest BCUT2D eigenvalue weighted by atomic mass is 10.2. The second kappa shape index (κ2) is 9.96. The van der Waals surface area contributed by atoms with Gasteiger partial charge in [-0.1, -0.05) is 12.1 Å². The van der Waals surface area contributed by atoms with Crippen LogP contribution >= 0.6 is 12.4 Å². The maximum atomic E-state index is 12.3. The highest BCUT2D eigenvalue weighted by atomic mass is 35.5. The Bertz CT molecular complexity index is 774. The molecule has 1 aliphatic rings. The topological polar surface area (TPSA) is 107 Å². The number of hydrogen-bond donors (Lipinski definition) is 2. The van der Waals surface area contributed by atoms with Crippen LogP contribution in [0.3, 0.4) is 0 Å². The first kappa shape index (κ1) is 20.8. The molecule has 0 aliphatic carbocycles. The summed E-state index contributed by atoms with van der Waals surface area (Å²) in [6.45, 7) is 2.31. The second-order valence-corrected chi connectivity index (χ2v) is 5.74.